The van der Waals surface area contributed by atoms with E-state index in [0.29, 0.717) is 0 Å². The van der Waals surface area contributed by atoms with Gasteiger partial charge in [-0.25, -0.2) is 0 Å². The average molecular weight is 810 g/mol. The Hall–Kier alpha value is -7.22. The molecule has 2 aliphatic rings. The molecule has 63 heavy (non-hydrogen) atoms. The molecule has 0 N–H and O–H groups in total. The number of fused-ring (bicyclic) bond motifs is 6. The molecule has 0 radical (unpaired) electrons. The molecule has 304 valence electrons. The van der Waals surface area contributed by atoms with Crippen LogP contribution < -0.4 is 4.90 Å². The van der Waals surface area contributed by atoms with Crippen molar-refractivity contribution in [3.8, 4) is 44.5 Å². The minimum absolute atomic E-state index is 0.138. The molecule has 0 heterocycles. The second-order valence-electron chi connectivity index (χ2n) is 18.9. The summed E-state index contributed by atoms with van der Waals surface area (Å²) in [6, 6.07) is 81.3. The van der Waals surface area contributed by atoms with Crippen LogP contribution in [0.2, 0.25) is 0 Å². The van der Waals surface area contributed by atoms with Gasteiger partial charge >= 0.3 is 0 Å². The first kappa shape index (κ1) is 38.7. The van der Waals surface area contributed by atoms with Crippen LogP contribution in [0.4, 0.5) is 17.1 Å². The molecule has 0 amide bonds. The van der Waals surface area contributed by atoms with Gasteiger partial charge in [-0.1, -0.05) is 217 Å². The van der Waals surface area contributed by atoms with Crippen LogP contribution in [0, 0.1) is 0 Å². The van der Waals surface area contributed by atoms with E-state index in [1.165, 1.54) is 94.8 Å². The summed E-state index contributed by atoms with van der Waals surface area (Å²) in [4.78, 5) is 2.54. The number of hydrogen-bond acceptors (Lipinski definition) is 1. The predicted octanol–water partition coefficient (Wildman–Crippen LogP) is 16.5. The van der Waals surface area contributed by atoms with E-state index in [1.54, 1.807) is 0 Å². The molecule has 0 atom stereocenters. The van der Waals surface area contributed by atoms with Crippen molar-refractivity contribution in [1.29, 1.82) is 0 Å². The summed E-state index contributed by atoms with van der Waals surface area (Å²) in [6.07, 6.45) is 0. The van der Waals surface area contributed by atoms with Crippen molar-refractivity contribution < 1.29 is 0 Å². The van der Waals surface area contributed by atoms with Gasteiger partial charge in [-0.05, 0) is 125 Å². The monoisotopic (exact) mass is 809 g/mol. The van der Waals surface area contributed by atoms with E-state index in [2.05, 4.69) is 258 Å². The van der Waals surface area contributed by atoms with Crippen molar-refractivity contribution in [2.45, 2.75) is 50.9 Å². The molecule has 9 aromatic carbocycles. The van der Waals surface area contributed by atoms with E-state index in [4.69, 9.17) is 0 Å². The highest BCUT2D eigenvalue weighted by molar-refractivity contribution is 5.93. The van der Waals surface area contributed by atoms with Crippen molar-refractivity contribution in [3.63, 3.8) is 0 Å². The Morgan fingerprint density at radius 1 is 0.365 bits per heavy atom. The maximum Gasteiger partial charge on any atom is 0.0713 e. The van der Waals surface area contributed by atoms with Gasteiger partial charge in [0.15, 0.2) is 0 Å². The highest BCUT2D eigenvalue weighted by Gasteiger charge is 2.46. The van der Waals surface area contributed by atoms with E-state index in [1.807, 2.05) is 0 Å². The van der Waals surface area contributed by atoms with Gasteiger partial charge in [-0.15, -0.1) is 0 Å². The summed E-state index contributed by atoms with van der Waals surface area (Å²) in [6.45, 7) is 11.8. The van der Waals surface area contributed by atoms with Crippen molar-refractivity contribution in [2.24, 2.45) is 0 Å². The molecule has 1 nitrogen and oxygen atoms in total. The molecule has 11 rings (SSSR count). The van der Waals surface area contributed by atoms with Crippen LogP contribution in [0.15, 0.2) is 218 Å². The third-order valence-corrected chi connectivity index (χ3v) is 13.9. The second-order valence-corrected chi connectivity index (χ2v) is 18.9. The molecule has 0 unspecified atom stereocenters. The summed E-state index contributed by atoms with van der Waals surface area (Å²) in [5.41, 5.74) is 22.1. The zero-order valence-corrected chi connectivity index (χ0v) is 36.7. The molecule has 0 aliphatic heterocycles. The molecular formula is C62H51N. The molecule has 0 fully saturated rings. The molecular weight excluding hydrogens is 759 g/mol. The molecule has 2 aliphatic carbocycles. The molecule has 0 saturated carbocycles. The van der Waals surface area contributed by atoms with Crippen LogP contribution in [0.25, 0.3) is 44.5 Å². The van der Waals surface area contributed by atoms with E-state index >= 15 is 0 Å². The Bertz CT molecular complexity index is 3110. The zero-order chi connectivity index (χ0) is 42.9. The first-order chi connectivity index (χ1) is 30.7. The van der Waals surface area contributed by atoms with Gasteiger partial charge in [0.2, 0.25) is 0 Å². The van der Waals surface area contributed by atoms with Gasteiger partial charge in [0, 0.05) is 16.8 Å². The van der Waals surface area contributed by atoms with Gasteiger partial charge < -0.3 is 4.90 Å². The van der Waals surface area contributed by atoms with Gasteiger partial charge in [0.05, 0.1) is 11.1 Å². The fraction of sp³-hybridized carbons (Fsp3) is 0.129. The standard InChI is InChI=1S/C62H51N/c1-60(2,3)56-41-45(42-20-9-6-10-21-42)35-39-57(56)63(58-31-19-28-52-50-27-15-17-29-53(50)61(4,5)59(52)58)48-36-32-43(33-37-48)44-34-38-51-49-26-16-18-30-54(49)62(55(51)40-44,46-22-11-7-12-23-46)47-24-13-8-14-25-47/h6-41H,1-5H3. The van der Waals surface area contributed by atoms with Gasteiger partial charge in [-0.2, -0.15) is 0 Å². The number of nitrogens with zero attached hydrogens (tertiary/aromatic N) is 1. The fourth-order valence-electron chi connectivity index (χ4n) is 11.0. The number of hydrogen-bond donors (Lipinski definition) is 0. The Morgan fingerprint density at radius 2 is 0.857 bits per heavy atom. The summed E-state index contributed by atoms with van der Waals surface area (Å²) in [5, 5.41) is 0. The maximum atomic E-state index is 2.54. The van der Waals surface area contributed by atoms with E-state index in [0.717, 1.165) is 5.69 Å². The molecule has 0 spiro atoms. The third-order valence-electron chi connectivity index (χ3n) is 13.9. The van der Waals surface area contributed by atoms with Gasteiger partial charge in [-0.3, -0.25) is 0 Å². The maximum absolute atomic E-state index is 2.54. The van der Waals surface area contributed by atoms with Crippen molar-refractivity contribution in [3.05, 3.63) is 257 Å². The number of rotatable bonds is 7. The summed E-state index contributed by atoms with van der Waals surface area (Å²) >= 11 is 0. The predicted molar refractivity (Wildman–Crippen MR) is 266 cm³/mol. The third kappa shape index (κ3) is 6.05. The Labute approximate surface area is 373 Å². The zero-order valence-electron chi connectivity index (χ0n) is 36.7. The summed E-state index contributed by atoms with van der Waals surface area (Å²) in [5.74, 6) is 0. The summed E-state index contributed by atoms with van der Waals surface area (Å²) in [7, 11) is 0. The lowest BCUT2D eigenvalue weighted by Gasteiger charge is -2.36. The van der Waals surface area contributed by atoms with Crippen LogP contribution >= 0.6 is 0 Å². The lowest BCUT2D eigenvalue weighted by Crippen LogP contribution is -2.28. The normalized spacial score (nSPS) is 14.0. The smallest absolute Gasteiger partial charge is 0.0713 e. The SMILES string of the molecule is CC(C)(C)c1cc(-c2ccccc2)ccc1N(c1ccc(-c2ccc3c(c2)C(c2ccccc2)(c2ccccc2)c2ccccc2-3)cc1)c1cccc2c1C(C)(C)c1ccccc1-2. The van der Waals surface area contributed by atoms with Gasteiger partial charge in [0.25, 0.3) is 0 Å². The topological polar surface area (TPSA) is 3.24 Å². The quantitative estimate of drug-likeness (QED) is 0.155. The van der Waals surface area contributed by atoms with E-state index in [-0.39, 0.29) is 10.8 Å². The highest BCUT2D eigenvalue weighted by atomic mass is 15.1. The van der Waals surface area contributed by atoms with Crippen LogP contribution in [0.1, 0.15) is 73.6 Å². The lowest BCUT2D eigenvalue weighted by atomic mass is 9.67. The lowest BCUT2D eigenvalue weighted by molar-refractivity contribution is 0.591. The number of anilines is 3. The minimum atomic E-state index is -0.450. The molecule has 0 saturated heterocycles. The van der Waals surface area contributed by atoms with Crippen molar-refractivity contribution >= 4 is 17.1 Å². The van der Waals surface area contributed by atoms with Crippen LogP contribution in [-0.4, -0.2) is 0 Å². The second kappa shape index (κ2) is 14.7. The van der Waals surface area contributed by atoms with Crippen LogP contribution in [-0.2, 0) is 16.2 Å². The Kier molecular flexibility index (Phi) is 9.03. The molecule has 9 aromatic rings. The van der Waals surface area contributed by atoms with E-state index in [9.17, 15) is 0 Å². The van der Waals surface area contributed by atoms with E-state index < -0.39 is 5.41 Å². The largest absolute Gasteiger partial charge is 0.310 e. The van der Waals surface area contributed by atoms with Crippen LogP contribution in [0.3, 0.4) is 0 Å². The fourth-order valence-corrected chi connectivity index (χ4v) is 11.0. The highest BCUT2D eigenvalue weighted by Crippen LogP contribution is 2.58. The number of benzene rings is 9. The van der Waals surface area contributed by atoms with Crippen molar-refractivity contribution in [1.82, 2.24) is 0 Å². The van der Waals surface area contributed by atoms with Gasteiger partial charge in [0.1, 0.15) is 0 Å². The van der Waals surface area contributed by atoms with Crippen molar-refractivity contribution in [2.75, 3.05) is 4.90 Å². The minimum Gasteiger partial charge on any atom is -0.310 e. The Morgan fingerprint density at radius 3 is 1.51 bits per heavy atom. The average Bonchev–Trinajstić information content (AvgIpc) is 3.75. The molecule has 0 bridgehead atoms. The van der Waals surface area contributed by atoms with Crippen LogP contribution in [0.5, 0.6) is 0 Å². The summed E-state index contributed by atoms with van der Waals surface area (Å²) < 4.78 is 0. The first-order valence-electron chi connectivity index (χ1n) is 22.3. The first-order valence-corrected chi connectivity index (χ1v) is 22.3. The molecule has 1 heteroatoms. The Balaban J connectivity index is 1.09. The molecule has 0 aromatic heterocycles.